The number of hydrogen-bond acceptors (Lipinski definition) is 4. The zero-order valence-electron chi connectivity index (χ0n) is 11.0. The quantitative estimate of drug-likeness (QED) is 0.657. The fraction of sp³-hybridized carbons (Fsp3) is 0. The van der Waals surface area contributed by atoms with Crippen LogP contribution in [0.4, 0.5) is 5.69 Å². The number of halogens is 4. The maximum atomic E-state index is 12.4. The second-order valence-corrected chi connectivity index (χ2v) is 7.58. The minimum atomic E-state index is -4.11. The summed E-state index contributed by atoms with van der Waals surface area (Å²) in [6.45, 7) is 0. The SMILES string of the molecule is O=S(=O)(Nc1c(Cl)cccc1Cl)c1nc2cc(Cl)cc(Cl)n2n1. The van der Waals surface area contributed by atoms with Crippen LogP contribution < -0.4 is 4.72 Å². The van der Waals surface area contributed by atoms with E-state index in [2.05, 4.69) is 14.8 Å². The highest BCUT2D eigenvalue weighted by Crippen LogP contribution is 2.31. The number of benzene rings is 1. The monoisotopic (exact) mass is 410 g/mol. The van der Waals surface area contributed by atoms with Gasteiger partial charge in [0.15, 0.2) is 5.65 Å². The molecule has 0 unspecified atom stereocenters. The first kappa shape index (κ1) is 16.6. The molecule has 0 saturated heterocycles. The van der Waals surface area contributed by atoms with Gasteiger partial charge in [-0.1, -0.05) is 52.5 Å². The molecule has 0 aliphatic heterocycles. The number of aromatic nitrogens is 3. The Labute approximate surface area is 151 Å². The molecule has 11 heteroatoms. The third-order valence-electron chi connectivity index (χ3n) is 2.78. The lowest BCUT2D eigenvalue weighted by molar-refractivity contribution is 0.592. The van der Waals surface area contributed by atoms with Crippen molar-refractivity contribution in [3.8, 4) is 0 Å². The fourth-order valence-corrected chi connectivity index (χ4v) is 3.87. The molecular formula is C12H6Cl4N4O2S. The van der Waals surface area contributed by atoms with E-state index in [9.17, 15) is 8.42 Å². The largest absolute Gasteiger partial charge is 0.299 e. The smallest absolute Gasteiger partial charge is 0.274 e. The van der Waals surface area contributed by atoms with Crippen LogP contribution in [0.3, 0.4) is 0 Å². The van der Waals surface area contributed by atoms with Crippen molar-refractivity contribution in [3.05, 3.63) is 50.6 Å². The molecule has 0 spiro atoms. The van der Waals surface area contributed by atoms with E-state index in [-0.39, 0.29) is 26.5 Å². The highest BCUT2D eigenvalue weighted by molar-refractivity contribution is 7.92. The second kappa shape index (κ2) is 5.99. The Balaban J connectivity index is 2.08. The molecule has 0 saturated carbocycles. The number of sulfonamides is 1. The van der Waals surface area contributed by atoms with Gasteiger partial charge in [-0.05, 0) is 18.2 Å². The zero-order valence-corrected chi connectivity index (χ0v) is 14.8. The summed E-state index contributed by atoms with van der Waals surface area (Å²) in [5, 5.41) is 4.09. The molecule has 1 aromatic carbocycles. The van der Waals surface area contributed by atoms with E-state index in [0.717, 1.165) is 4.52 Å². The van der Waals surface area contributed by atoms with E-state index in [1.807, 2.05) is 0 Å². The van der Waals surface area contributed by atoms with Gasteiger partial charge in [-0.2, -0.15) is 13.4 Å². The predicted octanol–water partition coefficient (Wildman–Crippen LogP) is 4.14. The highest BCUT2D eigenvalue weighted by atomic mass is 35.5. The van der Waals surface area contributed by atoms with Gasteiger partial charge in [-0.3, -0.25) is 4.72 Å². The Kier molecular flexibility index (Phi) is 4.33. The number of anilines is 1. The van der Waals surface area contributed by atoms with Gasteiger partial charge in [0.05, 0.1) is 15.7 Å². The third-order valence-corrected chi connectivity index (χ3v) is 5.02. The number of pyridine rings is 1. The summed E-state index contributed by atoms with van der Waals surface area (Å²) < 4.78 is 28.3. The van der Waals surface area contributed by atoms with Gasteiger partial charge in [-0.25, -0.2) is 4.52 Å². The van der Waals surface area contributed by atoms with Crippen molar-refractivity contribution in [2.24, 2.45) is 0 Å². The lowest BCUT2D eigenvalue weighted by atomic mass is 10.3. The van der Waals surface area contributed by atoms with Crippen LogP contribution in [-0.4, -0.2) is 23.0 Å². The molecule has 6 nitrogen and oxygen atoms in total. The van der Waals surface area contributed by atoms with Crippen LogP contribution in [0.25, 0.3) is 5.65 Å². The molecule has 0 aliphatic carbocycles. The van der Waals surface area contributed by atoms with Gasteiger partial charge in [-0.15, -0.1) is 5.10 Å². The second-order valence-electron chi connectivity index (χ2n) is 4.36. The van der Waals surface area contributed by atoms with Crippen molar-refractivity contribution in [3.63, 3.8) is 0 Å². The number of hydrogen-bond donors (Lipinski definition) is 1. The Hall–Kier alpha value is -1.25. The summed E-state index contributed by atoms with van der Waals surface area (Å²) in [6.07, 6.45) is 0. The average Bonchev–Trinajstić information content (AvgIpc) is 2.88. The molecule has 3 rings (SSSR count). The molecule has 0 radical (unpaired) electrons. The van der Waals surface area contributed by atoms with Crippen LogP contribution in [0, 0.1) is 0 Å². The molecule has 2 heterocycles. The Morgan fingerprint density at radius 3 is 2.35 bits per heavy atom. The summed E-state index contributed by atoms with van der Waals surface area (Å²) in [7, 11) is -4.11. The van der Waals surface area contributed by atoms with Crippen molar-refractivity contribution in [1.29, 1.82) is 0 Å². The topological polar surface area (TPSA) is 76.4 Å². The van der Waals surface area contributed by atoms with Crippen LogP contribution in [0.1, 0.15) is 0 Å². The fourth-order valence-electron chi connectivity index (χ4n) is 1.78. The third kappa shape index (κ3) is 3.20. The number of rotatable bonds is 3. The number of para-hydroxylation sites is 1. The Morgan fingerprint density at radius 1 is 1.04 bits per heavy atom. The molecule has 0 atom stereocenters. The number of nitrogens with one attached hydrogen (secondary N) is 1. The van der Waals surface area contributed by atoms with Crippen molar-refractivity contribution >= 4 is 67.8 Å². The van der Waals surface area contributed by atoms with Crippen molar-refractivity contribution in [2.45, 2.75) is 5.16 Å². The Bertz CT molecular complexity index is 999. The van der Waals surface area contributed by atoms with Gasteiger partial charge in [0.25, 0.3) is 15.2 Å². The van der Waals surface area contributed by atoms with Gasteiger partial charge in [0, 0.05) is 11.1 Å². The molecule has 120 valence electrons. The maximum Gasteiger partial charge on any atom is 0.299 e. The van der Waals surface area contributed by atoms with Crippen LogP contribution in [-0.2, 0) is 10.0 Å². The van der Waals surface area contributed by atoms with E-state index < -0.39 is 15.2 Å². The van der Waals surface area contributed by atoms with Gasteiger partial charge >= 0.3 is 0 Å². The van der Waals surface area contributed by atoms with Gasteiger partial charge < -0.3 is 0 Å². The van der Waals surface area contributed by atoms with Gasteiger partial charge in [0.2, 0.25) is 0 Å². The van der Waals surface area contributed by atoms with E-state index in [1.165, 1.54) is 24.3 Å². The predicted molar refractivity (Wildman–Crippen MR) is 90.3 cm³/mol. The van der Waals surface area contributed by atoms with Crippen LogP contribution in [0.5, 0.6) is 0 Å². The van der Waals surface area contributed by atoms with E-state index in [4.69, 9.17) is 46.4 Å². The summed E-state index contributed by atoms with van der Waals surface area (Å²) in [4.78, 5) is 3.91. The summed E-state index contributed by atoms with van der Waals surface area (Å²) in [5.74, 6) is 0. The number of nitrogens with zero attached hydrogens (tertiary/aromatic N) is 3. The molecule has 0 amide bonds. The molecule has 1 N–H and O–H groups in total. The summed E-state index contributed by atoms with van der Waals surface area (Å²) in [6, 6.07) is 7.44. The normalized spacial score (nSPS) is 11.8. The van der Waals surface area contributed by atoms with Crippen molar-refractivity contribution in [1.82, 2.24) is 14.6 Å². The first-order valence-corrected chi connectivity index (χ1v) is 8.96. The first-order valence-electron chi connectivity index (χ1n) is 5.96. The molecule has 23 heavy (non-hydrogen) atoms. The average molecular weight is 412 g/mol. The van der Waals surface area contributed by atoms with E-state index in [0.29, 0.717) is 5.02 Å². The van der Waals surface area contributed by atoms with E-state index >= 15 is 0 Å². The number of fused-ring (bicyclic) bond motifs is 1. The zero-order chi connectivity index (χ0) is 16.8. The summed E-state index contributed by atoms with van der Waals surface area (Å²) in [5.41, 5.74) is 0.229. The molecule has 0 aliphatic rings. The van der Waals surface area contributed by atoms with Crippen LogP contribution in [0.15, 0.2) is 35.5 Å². The lowest BCUT2D eigenvalue weighted by Gasteiger charge is -2.08. The maximum absolute atomic E-state index is 12.4. The molecule has 0 fully saturated rings. The van der Waals surface area contributed by atoms with Crippen LogP contribution in [0.2, 0.25) is 20.2 Å². The molecule has 2 aromatic heterocycles. The lowest BCUT2D eigenvalue weighted by Crippen LogP contribution is -2.15. The standard InChI is InChI=1S/C12H6Cl4N4O2S/c13-6-4-9(16)20-10(5-6)17-12(18-20)23(21,22)19-11-7(14)2-1-3-8(11)15/h1-5,19H. The Morgan fingerprint density at radius 2 is 1.70 bits per heavy atom. The van der Waals surface area contributed by atoms with Crippen molar-refractivity contribution in [2.75, 3.05) is 4.72 Å². The van der Waals surface area contributed by atoms with Crippen molar-refractivity contribution < 1.29 is 8.42 Å². The van der Waals surface area contributed by atoms with Gasteiger partial charge in [0.1, 0.15) is 5.15 Å². The van der Waals surface area contributed by atoms with Crippen LogP contribution >= 0.6 is 46.4 Å². The highest BCUT2D eigenvalue weighted by Gasteiger charge is 2.23. The first-order chi connectivity index (χ1) is 10.8. The molecule has 0 bridgehead atoms. The summed E-state index contributed by atoms with van der Waals surface area (Å²) >= 11 is 23.7. The molecule has 3 aromatic rings. The minimum absolute atomic E-state index is 0.0406. The minimum Gasteiger partial charge on any atom is -0.274 e. The molecular weight excluding hydrogens is 406 g/mol. The van der Waals surface area contributed by atoms with E-state index in [1.54, 1.807) is 6.07 Å².